The molecule has 0 saturated heterocycles. The van der Waals surface area contributed by atoms with Gasteiger partial charge in [-0.25, -0.2) is 8.42 Å². The quantitative estimate of drug-likeness (QED) is 0.840. The Bertz CT molecular complexity index is 558. The van der Waals surface area contributed by atoms with Gasteiger partial charge in [-0.2, -0.15) is 4.31 Å². The molecule has 0 fully saturated rings. The second-order valence-corrected chi connectivity index (χ2v) is 6.68. The van der Waals surface area contributed by atoms with Gasteiger partial charge in [-0.1, -0.05) is 12.1 Å². The number of aryl methyl sites for hydroxylation is 2. The van der Waals surface area contributed by atoms with Gasteiger partial charge < -0.3 is 9.84 Å². The second kappa shape index (κ2) is 6.36. The van der Waals surface area contributed by atoms with Gasteiger partial charge in [0.1, 0.15) is 10.6 Å². The predicted molar refractivity (Wildman–Crippen MR) is 73.7 cm³/mol. The highest BCUT2D eigenvalue weighted by molar-refractivity contribution is 7.89. The number of sulfonamides is 1. The molecule has 0 aliphatic heterocycles. The fourth-order valence-corrected chi connectivity index (χ4v) is 3.56. The van der Waals surface area contributed by atoms with Crippen LogP contribution in [-0.4, -0.2) is 42.9 Å². The number of hydrogen-bond donors (Lipinski definition) is 1. The predicted octanol–water partition coefficient (Wildman–Crippen LogP) is 0.827. The topological polar surface area (TPSA) is 92.5 Å². The van der Waals surface area contributed by atoms with Gasteiger partial charge in [-0.05, 0) is 27.7 Å². The Labute approximate surface area is 119 Å². The van der Waals surface area contributed by atoms with Crippen molar-refractivity contribution in [1.82, 2.24) is 14.8 Å². The van der Waals surface area contributed by atoms with Crippen LogP contribution in [0.5, 0.6) is 0 Å². The first-order valence-electron chi connectivity index (χ1n) is 6.42. The molecular weight excluding hydrogens is 282 g/mol. The third kappa shape index (κ3) is 3.57. The summed E-state index contributed by atoms with van der Waals surface area (Å²) < 4.78 is 31.1. The summed E-state index contributed by atoms with van der Waals surface area (Å²) in [4.78, 5) is 11.8. The van der Waals surface area contributed by atoms with Crippen molar-refractivity contribution < 1.29 is 17.7 Å². The van der Waals surface area contributed by atoms with Crippen molar-refractivity contribution in [3.05, 3.63) is 11.5 Å². The summed E-state index contributed by atoms with van der Waals surface area (Å²) in [6.07, 6.45) is 0. The second-order valence-electron chi connectivity index (χ2n) is 4.81. The average Bonchev–Trinajstić information content (AvgIpc) is 2.65. The lowest BCUT2D eigenvalue weighted by Gasteiger charge is -2.20. The molecule has 7 nitrogen and oxygen atoms in total. The first-order valence-corrected chi connectivity index (χ1v) is 7.86. The molecule has 0 aliphatic rings. The molecule has 0 spiro atoms. The van der Waals surface area contributed by atoms with Gasteiger partial charge in [0, 0.05) is 12.6 Å². The molecule has 8 heteroatoms. The Morgan fingerprint density at radius 2 is 2.00 bits per heavy atom. The van der Waals surface area contributed by atoms with Crippen LogP contribution in [0.4, 0.5) is 0 Å². The normalized spacial score (nSPS) is 12.2. The highest BCUT2D eigenvalue weighted by Gasteiger charge is 2.31. The van der Waals surface area contributed by atoms with Crippen molar-refractivity contribution in [2.24, 2.45) is 0 Å². The van der Waals surface area contributed by atoms with E-state index in [4.69, 9.17) is 4.52 Å². The third-order valence-corrected chi connectivity index (χ3v) is 4.85. The van der Waals surface area contributed by atoms with Gasteiger partial charge in [-0.15, -0.1) is 0 Å². The van der Waals surface area contributed by atoms with Gasteiger partial charge in [0.25, 0.3) is 0 Å². The lowest BCUT2D eigenvalue weighted by atomic mass is 10.4. The number of nitrogens with one attached hydrogen (secondary N) is 1. The molecule has 0 aromatic carbocycles. The van der Waals surface area contributed by atoms with Crippen LogP contribution in [0.3, 0.4) is 0 Å². The Morgan fingerprint density at radius 1 is 1.40 bits per heavy atom. The summed E-state index contributed by atoms with van der Waals surface area (Å²) in [6, 6.07) is -0.0389. The van der Waals surface area contributed by atoms with Crippen LogP contribution >= 0.6 is 0 Å². The minimum Gasteiger partial charge on any atom is -0.360 e. The van der Waals surface area contributed by atoms with Crippen LogP contribution < -0.4 is 5.32 Å². The summed E-state index contributed by atoms with van der Waals surface area (Å²) in [5.74, 6) is -0.109. The zero-order valence-electron chi connectivity index (χ0n) is 12.4. The number of aromatic nitrogens is 1. The Balaban J connectivity index is 3.03. The highest BCUT2D eigenvalue weighted by Crippen LogP contribution is 2.22. The van der Waals surface area contributed by atoms with Crippen LogP contribution in [0.1, 0.15) is 32.2 Å². The number of hydrogen-bond acceptors (Lipinski definition) is 5. The summed E-state index contributed by atoms with van der Waals surface area (Å²) >= 11 is 0. The Morgan fingerprint density at radius 3 is 2.40 bits per heavy atom. The van der Waals surface area contributed by atoms with Crippen molar-refractivity contribution in [2.75, 3.05) is 13.1 Å². The standard InChI is InChI=1S/C12H21N3O4S/c1-6-15(7-11(16)13-8(2)3)20(17,18)12-9(4)14-19-10(12)5/h8H,6-7H2,1-5H3,(H,13,16). The molecule has 0 unspecified atom stereocenters. The lowest BCUT2D eigenvalue weighted by Crippen LogP contribution is -2.42. The molecular formula is C12H21N3O4S. The molecule has 1 aromatic heterocycles. The van der Waals surface area contributed by atoms with E-state index in [1.54, 1.807) is 13.8 Å². The number of amides is 1. The summed E-state index contributed by atoms with van der Waals surface area (Å²) in [5, 5.41) is 6.32. The van der Waals surface area contributed by atoms with Gasteiger partial charge in [0.05, 0.1) is 6.54 Å². The van der Waals surface area contributed by atoms with Crippen LogP contribution in [0.15, 0.2) is 9.42 Å². The van der Waals surface area contributed by atoms with Crippen molar-refractivity contribution in [3.63, 3.8) is 0 Å². The van der Waals surface area contributed by atoms with Crippen LogP contribution in [0, 0.1) is 13.8 Å². The van der Waals surface area contributed by atoms with Crippen molar-refractivity contribution in [2.45, 2.75) is 45.6 Å². The van der Waals surface area contributed by atoms with Crippen LogP contribution in [0.2, 0.25) is 0 Å². The Hall–Kier alpha value is -1.41. The van der Waals surface area contributed by atoms with E-state index >= 15 is 0 Å². The SMILES string of the molecule is CCN(CC(=O)NC(C)C)S(=O)(=O)c1c(C)noc1C. The van der Waals surface area contributed by atoms with E-state index in [0.717, 1.165) is 4.31 Å². The largest absolute Gasteiger partial charge is 0.360 e. The van der Waals surface area contributed by atoms with Crippen molar-refractivity contribution in [1.29, 1.82) is 0 Å². The average molecular weight is 303 g/mol. The smallest absolute Gasteiger partial charge is 0.248 e. The van der Waals surface area contributed by atoms with E-state index < -0.39 is 10.0 Å². The molecule has 0 atom stereocenters. The molecule has 0 saturated carbocycles. The fourth-order valence-electron chi connectivity index (χ4n) is 1.87. The minimum atomic E-state index is -3.78. The van der Waals surface area contributed by atoms with E-state index in [-0.39, 0.29) is 35.7 Å². The molecule has 1 heterocycles. The maximum atomic E-state index is 12.5. The Kier molecular flexibility index (Phi) is 5.29. The molecule has 1 aromatic rings. The van der Waals surface area contributed by atoms with E-state index in [0.29, 0.717) is 5.69 Å². The van der Waals surface area contributed by atoms with Gasteiger partial charge in [-0.3, -0.25) is 4.79 Å². The molecule has 1 rings (SSSR count). The number of carbonyl (C=O) groups is 1. The lowest BCUT2D eigenvalue weighted by molar-refractivity contribution is -0.121. The first-order chi connectivity index (χ1) is 9.20. The van der Waals surface area contributed by atoms with Gasteiger partial charge in [0.2, 0.25) is 15.9 Å². The van der Waals surface area contributed by atoms with E-state index in [1.165, 1.54) is 6.92 Å². The molecule has 0 bridgehead atoms. The van der Waals surface area contributed by atoms with Crippen molar-refractivity contribution in [3.8, 4) is 0 Å². The molecule has 20 heavy (non-hydrogen) atoms. The zero-order valence-corrected chi connectivity index (χ0v) is 13.2. The highest BCUT2D eigenvalue weighted by atomic mass is 32.2. The minimum absolute atomic E-state index is 0.0386. The van der Waals surface area contributed by atoms with Crippen molar-refractivity contribution >= 4 is 15.9 Å². The maximum Gasteiger partial charge on any atom is 0.248 e. The van der Waals surface area contributed by atoms with E-state index in [9.17, 15) is 13.2 Å². The number of likely N-dealkylation sites (N-methyl/N-ethyl adjacent to an activating group) is 1. The van der Waals surface area contributed by atoms with E-state index in [1.807, 2.05) is 13.8 Å². The molecule has 1 amide bonds. The van der Waals surface area contributed by atoms with Crippen LogP contribution in [-0.2, 0) is 14.8 Å². The molecule has 0 radical (unpaired) electrons. The zero-order chi connectivity index (χ0) is 15.5. The van der Waals surface area contributed by atoms with Crippen LogP contribution in [0.25, 0.3) is 0 Å². The fraction of sp³-hybridized carbons (Fsp3) is 0.667. The monoisotopic (exact) mass is 303 g/mol. The number of rotatable bonds is 6. The molecule has 0 aliphatic carbocycles. The summed E-state index contributed by atoms with van der Waals surface area (Å²) in [6.45, 7) is 8.38. The number of carbonyl (C=O) groups excluding carboxylic acids is 1. The molecule has 1 N–H and O–H groups in total. The van der Waals surface area contributed by atoms with Gasteiger partial charge in [0.15, 0.2) is 5.76 Å². The summed E-state index contributed by atoms with van der Waals surface area (Å²) in [7, 11) is -3.78. The summed E-state index contributed by atoms with van der Waals surface area (Å²) in [5.41, 5.74) is 0.296. The number of nitrogens with zero attached hydrogens (tertiary/aromatic N) is 2. The third-order valence-electron chi connectivity index (χ3n) is 2.69. The molecule has 114 valence electrons. The van der Waals surface area contributed by atoms with E-state index in [2.05, 4.69) is 10.5 Å². The van der Waals surface area contributed by atoms with Gasteiger partial charge >= 0.3 is 0 Å². The maximum absolute atomic E-state index is 12.5. The first kappa shape index (κ1) is 16.6.